The van der Waals surface area contributed by atoms with Crippen molar-refractivity contribution in [3.63, 3.8) is 0 Å². The minimum atomic E-state index is -1.37. The number of hydrogen-bond acceptors (Lipinski definition) is 4. The Hall–Kier alpha value is -1.63. The van der Waals surface area contributed by atoms with Gasteiger partial charge < -0.3 is 10.1 Å². The fraction of sp³-hybridized carbons (Fsp3) is 0.273. The first-order valence-electron chi connectivity index (χ1n) is 5.15. The molecule has 1 aliphatic carbocycles. The first kappa shape index (κ1) is 14.4. The molecular formula is C11H14ClN3O3. The maximum Gasteiger partial charge on any atom is 0.253 e. The molecule has 98 valence electrons. The molecular weight excluding hydrogens is 258 g/mol. The number of rotatable bonds is 3. The monoisotopic (exact) mass is 271 g/mol. The Labute approximate surface area is 110 Å². The van der Waals surface area contributed by atoms with Crippen LogP contribution in [0.5, 0.6) is 0 Å². The lowest BCUT2D eigenvalue weighted by molar-refractivity contribution is -0.137. The minimum absolute atomic E-state index is 0. The quantitative estimate of drug-likeness (QED) is 0.471. The van der Waals surface area contributed by atoms with E-state index in [4.69, 9.17) is 5.21 Å². The molecule has 2 rings (SSSR count). The zero-order valence-electron chi connectivity index (χ0n) is 9.41. The van der Waals surface area contributed by atoms with Gasteiger partial charge in [-0.2, -0.15) is 0 Å². The zero-order valence-corrected chi connectivity index (χ0v) is 10.2. The fourth-order valence-corrected chi connectivity index (χ4v) is 1.91. The smallest absolute Gasteiger partial charge is 0.253 e. The average Bonchev–Trinajstić information content (AvgIpc) is 2.81. The van der Waals surface area contributed by atoms with Crippen LogP contribution in [0.3, 0.4) is 0 Å². The van der Waals surface area contributed by atoms with E-state index in [0.29, 0.717) is 5.69 Å². The van der Waals surface area contributed by atoms with E-state index in [2.05, 4.69) is 9.97 Å². The first-order chi connectivity index (χ1) is 8.15. The molecule has 18 heavy (non-hydrogen) atoms. The third-order valence-electron chi connectivity index (χ3n) is 2.76. The van der Waals surface area contributed by atoms with Crippen LogP contribution in [0.1, 0.15) is 5.69 Å². The molecule has 1 amide bonds. The summed E-state index contributed by atoms with van der Waals surface area (Å²) in [5.74, 6) is -1.48. The molecule has 0 radical (unpaired) electrons. The summed E-state index contributed by atoms with van der Waals surface area (Å²) >= 11 is 0. The summed E-state index contributed by atoms with van der Waals surface area (Å²) in [6, 6.07) is 0. The van der Waals surface area contributed by atoms with Crippen molar-refractivity contribution in [1.82, 2.24) is 15.4 Å². The highest BCUT2D eigenvalue weighted by atomic mass is 35.5. The van der Waals surface area contributed by atoms with Crippen LogP contribution in [-0.4, -0.2) is 31.8 Å². The van der Waals surface area contributed by atoms with Crippen LogP contribution in [0, 0.1) is 5.92 Å². The van der Waals surface area contributed by atoms with E-state index in [1.54, 1.807) is 29.9 Å². The van der Waals surface area contributed by atoms with Crippen molar-refractivity contribution in [2.45, 2.75) is 12.0 Å². The summed E-state index contributed by atoms with van der Waals surface area (Å²) in [6.45, 7) is 0. The number of aliphatic hydroxyl groups is 1. The van der Waals surface area contributed by atoms with Crippen molar-refractivity contribution in [2.24, 2.45) is 5.92 Å². The Bertz CT molecular complexity index is 458. The maximum atomic E-state index is 11.5. The summed E-state index contributed by atoms with van der Waals surface area (Å²) in [5.41, 5.74) is 0.904. The Morgan fingerprint density at radius 1 is 1.56 bits per heavy atom. The van der Waals surface area contributed by atoms with Gasteiger partial charge in [0.2, 0.25) is 0 Å². The summed E-state index contributed by atoms with van der Waals surface area (Å²) in [5, 5.41) is 19.1. The summed E-state index contributed by atoms with van der Waals surface area (Å²) in [7, 11) is 0. The predicted molar refractivity (Wildman–Crippen MR) is 66.2 cm³/mol. The van der Waals surface area contributed by atoms with Gasteiger partial charge in [-0.05, 0) is 0 Å². The number of imidazole rings is 1. The fourth-order valence-electron chi connectivity index (χ4n) is 1.91. The van der Waals surface area contributed by atoms with Gasteiger partial charge in [0.25, 0.3) is 5.91 Å². The van der Waals surface area contributed by atoms with Gasteiger partial charge in [0, 0.05) is 18.3 Å². The van der Waals surface area contributed by atoms with E-state index >= 15 is 0 Å². The molecule has 2 unspecified atom stereocenters. The molecule has 1 aromatic rings. The second-order valence-electron chi connectivity index (χ2n) is 3.94. The highest BCUT2D eigenvalue weighted by Crippen LogP contribution is 2.28. The third kappa shape index (κ3) is 2.79. The molecule has 1 heterocycles. The highest BCUT2D eigenvalue weighted by molar-refractivity contribution is 5.85. The van der Waals surface area contributed by atoms with Crippen LogP contribution >= 0.6 is 12.4 Å². The summed E-state index contributed by atoms with van der Waals surface area (Å²) in [6.07, 6.45) is 9.70. The lowest BCUT2D eigenvalue weighted by atomic mass is 9.80. The first-order valence-corrected chi connectivity index (χ1v) is 5.15. The predicted octanol–water partition coefficient (Wildman–Crippen LogP) is 0.353. The lowest BCUT2D eigenvalue weighted by Gasteiger charge is -2.31. The molecule has 1 aromatic heterocycles. The largest absolute Gasteiger partial charge is 0.384 e. The molecule has 0 saturated carbocycles. The van der Waals surface area contributed by atoms with E-state index in [9.17, 15) is 9.90 Å². The zero-order chi connectivity index (χ0) is 12.3. The van der Waals surface area contributed by atoms with Gasteiger partial charge in [-0.25, -0.2) is 10.5 Å². The minimum Gasteiger partial charge on any atom is -0.384 e. The number of aromatic amines is 1. The molecule has 0 aromatic carbocycles. The van der Waals surface area contributed by atoms with Gasteiger partial charge in [0.1, 0.15) is 5.60 Å². The number of carbonyl (C=O) groups excluding carboxylic acids is 1. The van der Waals surface area contributed by atoms with Gasteiger partial charge in [0.05, 0.1) is 12.2 Å². The SMILES string of the molecule is Cl.O=C(NO)C1C=CC=CC1(O)Cc1cnc[nH]1. The molecule has 7 heteroatoms. The van der Waals surface area contributed by atoms with Crippen LogP contribution in [-0.2, 0) is 11.2 Å². The van der Waals surface area contributed by atoms with Crippen LogP contribution in [0.25, 0.3) is 0 Å². The van der Waals surface area contributed by atoms with Crippen LogP contribution in [0.2, 0.25) is 0 Å². The molecule has 0 aliphatic heterocycles. The topological polar surface area (TPSA) is 98.2 Å². The summed E-state index contributed by atoms with van der Waals surface area (Å²) < 4.78 is 0. The van der Waals surface area contributed by atoms with Gasteiger partial charge >= 0.3 is 0 Å². The van der Waals surface area contributed by atoms with Crippen molar-refractivity contribution in [3.8, 4) is 0 Å². The normalized spacial score (nSPS) is 25.6. The highest BCUT2D eigenvalue weighted by Gasteiger charge is 2.39. The molecule has 0 fully saturated rings. The second-order valence-corrected chi connectivity index (χ2v) is 3.94. The standard InChI is InChI=1S/C11H13N3O3.ClH/c15-10(14-17)9-3-1-2-4-11(9,16)5-8-6-12-7-13-8;/h1-4,6-7,9,16-17H,5H2,(H,12,13)(H,14,15);1H. The molecule has 4 N–H and O–H groups in total. The van der Waals surface area contributed by atoms with Gasteiger partial charge in [0.15, 0.2) is 0 Å². The number of H-pyrrole nitrogens is 1. The van der Waals surface area contributed by atoms with Gasteiger partial charge in [-0.1, -0.05) is 24.3 Å². The Kier molecular flexibility index (Phi) is 4.66. The molecule has 0 bridgehead atoms. The Balaban J connectivity index is 0.00000162. The van der Waals surface area contributed by atoms with Crippen molar-refractivity contribution in [3.05, 3.63) is 42.5 Å². The van der Waals surface area contributed by atoms with E-state index in [-0.39, 0.29) is 18.8 Å². The molecule has 0 spiro atoms. The molecule has 6 nitrogen and oxygen atoms in total. The van der Waals surface area contributed by atoms with E-state index < -0.39 is 17.4 Å². The van der Waals surface area contributed by atoms with E-state index in [0.717, 1.165) is 0 Å². The molecule has 2 atom stereocenters. The number of hydrogen-bond donors (Lipinski definition) is 4. The number of nitrogens with one attached hydrogen (secondary N) is 2. The van der Waals surface area contributed by atoms with Crippen LogP contribution in [0.15, 0.2) is 36.8 Å². The third-order valence-corrected chi connectivity index (χ3v) is 2.76. The number of hydroxylamine groups is 1. The number of carbonyl (C=O) groups is 1. The second kappa shape index (κ2) is 5.81. The Morgan fingerprint density at radius 2 is 2.33 bits per heavy atom. The summed E-state index contributed by atoms with van der Waals surface area (Å²) in [4.78, 5) is 18.2. The number of allylic oxidation sites excluding steroid dienone is 2. The van der Waals surface area contributed by atoms with Crippen molar-refractivity contribution in [1.29, 1.82) is 0 Å². The number of nitrogens with zero attached hydrogens (tertiary/aromatic N) is 1. The van der Waals surface area contributed by atoms with Crippen molar-refractivity contribution in [2.75, 3.05) is 0 Å². The van der Waals surface area contributed by atoms with E-state index in [1.807, 2.05) is 0 Å². The van der Waals surface area contributed by atoms with E-state index in [1.165, 1.54) is 12.4 Å². The van der Waals surface area contributed by atoms with Crippen LogP contribution < -0.4 is 5.48 Å². The average molecular weight is 272 g/mol. The Morgan fingerprint density at radius 3 is 2.94 bits per heavy atom. The maximum absolute atomic E-state index is 11.5. The number of amides is 1. The van der Waals surface area contributed by atoms with Crippen molar-refractivity contribution >= 4 is 18.3 Å². The molecule has 1 aliphatic rings. The van der Waals surface area contributed by atoms with Crippen molar-refractivity contribution < 1.29 is 15.1 Å². The van der Waals surface area contributed by atoms with Gasteiger partial charge in [-0.3, -0.25) is 10.0 Å². The number of halogens is 1. The lowest BCUT2D eigenvalue weighted by Crippen LogP contribution is -2.46. The van der Waals surface area contributed by atoms with Gasteiger partial charge in [-0.15, -0.1) is 12.4 Å². The molecule has 0 saturated heterocycles. The number of aromatic nitrogens is 2. The van der Waals surface area contributed by atoms with Crippen LogP contribution in [0.4, 0.5) is 0 Å².